The summed E-state index contributed by atoms with van der Waals surface area (Å²) in [6, 6.07) is 15.3. The van der Waals surface area contributed by atoms with Crippen LogP contribution in [0.2, 0.25) is 0 Å². The van der Waals surface area contributed by atoms with Gasteiger partial charge in [-0.3, -0.25) is 4.79 Å². The second kappa shape index (κ2) is 10.1. The van der Waals surface area contributed by atoms with Gasteiger partial charge in [-0.05, 0) is 63.1 Å². The summed E-state index contributed by atoms with van der Waals surface area (Å²) < 4.78 is 1.74. The summed E-state index contributed by atoms with van der Waals surface area (Å²) in [6.07, 6.45) is 0. The lowest BCUT2D eigenvalue weighted by Crippen LogP contribution is -2.40. The van der Waals surface area contributed by atoms with Gasteiger partial charge in [-0.1, -0.05) is 44.5 Å². The molecule has 1 heterocycles. The molecule has 2 aromatic carbocycles. The van der Waals surface area contributed by atoms with Crippen LogP contribution in [0.15, 0.2) is 48.5 Å². The lowest BCUT2D eigenvalue weighted by molar-refractivity contribution is -0.116. The van der Waals surface area contributed by atoms with Gasteiger partial charge in [0.05, 0.1) is 11.4 Å². The number of carbonyl (C=O) groups excluding carboxylic acids is 2. The topological polar surface area (TPSA) is 79.3 Å². The van der Waals surface area contributed by atoms with E-state index >= 15 is 0 Å². The van der Waals surface area contributed by atoms with Crippen LogP contribution in [0.1, 0.15) is 50.1 Å². The summed E-state index contributed by atoms with van der Waals surface area (Å²) in [5.41, 5.74) is 5.64. The molecule has 0 aliphatic rings. The number of hydrogen-bond acceptors (Lipinski definition) is 3. The number of amides is 3. The van der Waals surface area contributed by atoms with Crippen LogP contribution in [0, 0.1) is 20.8 Å². The zero-order valence-corrected chi connectivity index (χ0v) is 21.2. The predicted octanol–water partition coefficient (Wildman–Crippen LogP) is 5.59. The molecule has 0 bridgehead atoms. The minimum Gasteiger partial charge on any atom is -0.315 e. The van der Waals surface area contributed by atoms with Crippen molar-refractivity contribution in [1.29, 1.82) is 0 Å². The summed E-state index contributed by atoms with van der Waals surface area (Å²) in [4.78, 5) is 27.2. The molecule has 0 aliphatic heterocycles. The molecule has 7 nitrogen and oxygen atoms in total. The second-order valence-corrected chi connectivity index (χ2v) is 9.70. The van der Waals surface area contributed by atoms with Crippen LogP contribution in [-0.2, 0) is 10.2 Å². The second-order valence-electron chi connectivity index (χ2n) is 9.70. The molecule has 3 rings (SSSR count). The summed E-state index contributed by atoms with van der Waals surface area (Å²) in [6.45, 7) is 14.5. The first-order chi connectivity index (χ1) is 16.0. The van der Waals surface area contributed by atoms with Crippen LogP contribution >= 0.6 is 0 Å². The van der Waals surface area contributed by atoms with Crippen LogP contribution in [0.5, 0.6) is 0 Å². The molecule has 3 aromatic rings. The number of carbonyl (C=O) groups is 2. The van der Waals surface area contributed by atoms with Crippen molar-refractivity contribution in [3.8, 4) is 5.69 Å². The molecule has 0 fully saturated rings. The third-order valence-corrected chi connectivity index (χ3v) is 5.79. The van der Waals surface area contributed by atoms with Crippen molar-refractivity contribution < 1.29 is 9.59 Å². The highest BCUT2D eigenvalue weighted by Gasteiger charge is 2.23. The Morgan fingerprint density at radius 2 is 1.62 bits per heavy atom. The van der Waals surface area contributed by atoms with E-state index in [1.165, 1.54) is 4.90 Å². The molecule has 0 unspecified atom stereocenters. The number of likely N-dealkylation sites (N-methyl/N-ethyl adjacent to an activating group) is 1. The average Bonchev–Trinajstić information content (AvgIpc) is 3.19. The SMILES string of the molecule is CCN(CC(=O)Nc1cc(C(C)(C)C)nn1-c1ccc(C)cc1)C(=O)Nc1ccc(C)c(C)c1. The van der Waals surface area contributed by atoms with E-state index in [-0.39, 0.29) is 23.9 Å². The largest absolute Gasteiger partial charge is 0.322 e. The van der Waals surface area contributed by atoms with Crippen molar-refractivity contribution in [1.82, 2.24) is 14.7 Å². The van der Waals surface area contributed by atoms with E-state index in [1.54, 1.807) is 4.68 Å². The minimum absolute atomic E-state index is 0.0723. The average molecular weight is 462 g/mol. The van der Waals surface area contributed by atoms with Gasteiger partial charge in [0.2, 0.25) is 5.91 Å². The van der Waals surface area contributed by atoms with Gasteiger partial charge in [-0.2, -0.15) is 5.10 Å². The first kappa shape index (κ1) is 25.0. The summed E-state index contributed by atoms with van der Waals surface area (Å²) in [7, 11) is 0. The maximum Gasteiger partial charge on any atom is 0.322 e. The van der Waals surface area contributed by atoms with E-state index in [2.05, 4.69) is 31.4 Å². The number of aromatic nitrogens is 2. The van der Waals surface area contributed by atoms with Gasteiger partial charge >= 0.3 is 6.03 Å². The van der Waals surface area contributed by atoms with Gasteiger partial charge in [-0.25, -0.2) is 9.48 Å². The van der Waals surface area contributed by atoms with Gasteiger partial charge in [0, 0.05) is 23.7 Å². The van der Waals surface area contributed by atoms with E-state index in [1.807, 2.05) is 76.2 Å². The molecule has 3 amide bonds. The number of benzene rings is 2. The van der Waals surface area contributed by atoms with Crippen molar-refractivity contribution in [2.45, 2.75) is 53.9 Å². The Bertz CT molecular complexity index is 1170. The van der Waals surface area contributed by atoms with Crippen molar-refractivity contribution in [3.63, 3.8) is 0 Å². The number of nitrogens with one attached hydrogen (secondary N) is 2. The summed E-state index contributed by atoms with van der Waals surface area (Å²) in [5.74, 6) is 0.287. The lowest BCUT2D eigenvalue weighted by atomic mass is 9.92. The predicted molar refractivity (Wildman–Crippen MR) is 138 cm³/mol. The first-order valence-electron chi connectivity index (χ1n) is 11.6. The van der Waals surface area contributed by atoms with E-state index in [0.717, 1.165) is 28.1 Å². The zero-order chi connectivity index (χ0) is 25.0. The fourth-order valence-corrected chi connectivity index (χ4v) is 3.42. The quantitative estimate of drug-likeness (QED) is 0.502. The van der Waals surface area contributed by atoms with Crippen molar-refractivity contribution in [2.24, 2.45) is 0 Å². The molecule has 0 radical (unpaired) electrons. The van der Waals surface area contributed by atoms with Crippen LogP contribution in [0.25, 0.3) is 5.69 Å². The van der Waals surface area contributed by atoms with Gasteiger partial charge in [0.25, 0.3) is 0 Å². The molecular weight excluding hydrogens is 426 g/mol. The van der Waals surface area contributed by atoms with Gasteiger partial charge in [0.1, 0.15) is 12.4 Å². The fraction of sp³-hybridized carbons (Fsp3) is 0.370. The molecule has 7 heteroatoms. The highest BCUT2D eigenvalue weighted by Crippen LogP contribution is 2.26. The van der Waals surface area contributed by atoms with E-state index in [4.69, 9.17) is 5.10 Å². The minimum atomic E-state index is -0.316. The zero-order valence-electron chi connectivity index (χ0n) is 21.2. The van der Waals surface area contributed by atoms with E-state index in [9.17, 15) is 9.59 Å². The third kappa shape index (κ3) is 6.04. The number of hydrogen-bond donors (Lipinski definition) is 2. The molecule has 2 N–H and O–H groups in total. The number of rotatable bonds is 6. The molecule has 0 saturated heterocycles. The van der Waals surface area contributed by atoms with Crippen LogP contribution in [0.3, 0.4) is 0 Å². The van der Waals surface area contributed by atoms with Gasteiger partial charge in [-0.15, -0.1) is 0 Å². The van der Waals surface area contributed by atoms with Crippen molar-refractivity contribution in [2.75, 3.05) is 23.7 Å². The lowest BCUT2D eigenvalue weighted by Gasteiger charge is -2.21. The Kier molecular flexibility index (Phi) is 7.44. The monoisotopic (exact) mass is 461 g/mol. The Balaban J connectivity index is 1.76. The smallest absolute Gasteiger partial charge is 0.315 e. The molecule has 0 aliphatic carbocycles. The normalized spacial score (nSPS) is 11.3. The fourth-order valence-electron chi connectivity index (χ4n) is 3.42. The molecule has 180 valence electrons. The van der Waals surface area contributed by atoms with Crippen LogP contribution < -0.4 is 10.6 Å². The van der Waals surface area contributed by atoms with Crippen LogP contribution in [-0.4, -0.2) is 39.7 Å². The third-order valence-electron chi connectivity index (χ3n) is 5.79. The maximum atomic E-state index is 13.0. The molecular formula is C27H35N5O2. The number of urea groups is 1. The van der Waals surface area contributed by atoms with E-state index in [0.29, 0.717) is 18.1 Å². The van der Waals surface area contributed by atoms with Gasteiger partial charge < -0.3 is 15.5 Å². The van der Waals surface area contributed by atoms with Crippen molar-refractivity contribution >= 4 is 23.4 Å². The number of aryl methyl sites for hydroxylation is 3. The Morgan fingerprint density at radius 3 is 2.21 bits per heavy atom. The highest BCUT2D eigenvalue weighted by atomic mass is 16.2. The molecule has 34 heavy (non-hydrogen) atoms. The number of anilines is 2. The van der Waals surface area contributed by atoms with Crippen LogP contribution in [0.4, 0.5) is 16.3 Å². The molecule has 1 aromatic heterocycles. The standard InChI is InChI=1S/C27H35N5O2/c1-8-31(26(34)28-21-12-11-19(3)20(4)15-21)17-25(33)29-24-16-23(27(5,6)7)30-32(24)22-13-9-18(2)10-14-22/h9-16H,8,17H2,1-7H3,(H,28,34)(H,29,33). The van der Waals surface area contributed by atoms with E-state index < -0.39 is 0 Å². The number of nitrogens with zero attached hydrogens (tertiary/aromatic N) is 3. The highest BCUT2D eigenvalue weighted by molar-refractivity contribution is 5.96. The Morgan fingerprint density at radius 1 is 0.941 bits per heavy atom. The molecule has 0 saturated carbocycles. The molecule has 0 spiro atoms. The Labute approximate surface area is 202 Å². The Hall–Kier alpha value is -3.61. The first-order valence-corrected chi connectivity index (χ1v) is 11.6. The van der Waals surface area contributed by atoms with Gasteiger partial charge in [0.15, 0.2) is 0 Å². The summed E-state index contributed by atoms with van der Waals surface area (Å²) >= 11 is 0. The maximum absolute atomic E-state index is 13.0. The summed E-state index contributed by atoms with van der Waals surface area (Å²) in [5, 5.41) is 10.6. The van der Waals surface area contributed by atoms with Crippen molar-refractivity contribution in [3.05, 3.63) is 70.9 Å². The molecule has 0 atom stereocenters.